The van der Waals surface area contributed by atoms with E-state index in [1.807, 2.05) is 19.1 Å². The maximum Gasteiger partial charge on any atom is -0.00697 e. The summed E-state index contributed by atoms with van der Waals surface area (Å²) in [5.41, 5.74) is 7.55. The fourth-order valence-electron chi connectivity index (χ4n) is 2.53. The van der Waals surface area contributed by atoms with Gasteiger partial charge in [-0.25, -0.2) is 0 Å². The molecule has 0 atom stereocenters. The van der Waals surface area contributed by atoms with Gasteiger partial charge in [-0.2, -0.15) is 0 Å². The van der Waals surface area contributed by atoms with Gasteiger partial charge in [-0.3, -0.25) is 0 Å². The zero-order valence-corrected chi connectivity index (χ0v) is 11.0. The predicted molar refractivity (Wildman–Crippen MR) is 81.3 cm³/mol. The largest absolute Gasteiger partial charge is 0.0990 e. The lowest BCUT2D eigenvalue weighted by molar-refractivity contribution is 1.42. The number of benzene rings is 1. The second-order valence-electron chi connectivity index (χ2n) is 4.34. The van der Waals surface area contributed by atoms with Gasteiger partial charge in [0.1, 0.15) is 0 Å². The molecule has 0 heteroatoms. The van der Waals surface area contributed by atoms with Crippen molar-refractivity contribution in [3.05, 3.63) is 84.0 Å². The Balaban J connectivity index is 2.82. The van der Waals surface area contributed by atoms with Crippen LogP contribution < -0.4 is 0 Å². The quantitative estimate of drug-likeness (QED) is 0.683. The summed E-state index contributed by atoms with van der Waals surface area (Å²) in [5, 5.41) is 0. The summed E-state index contributed by atoms with van der Waals surface area (Å²) in [7, 11) is 0. The first kappa shape index (κ1) is 12.4. The van der Waals surface area contributed by atoms with E-state index < -0.39 is 0 Å². The maximum atomic E-state index is 3.95. The molecule has 0 aliphatic heterocycles. The van der Waals surface area contributed by atoms with Crippen LogP contribution in [0.5, 0.6) is 0 Å². The van der Waals surface area contributed by atoms with E-state index in [4.69, 9.17) is 0 Å². The lowest BCUT2D eigenvalue weighted by Crippen LogP contribution is -1.88. The van der Waals surface area contributed by atoms with Crippen LogP contribution in [0.25, 0.3) is 11.1 Å². The summed E-state index contributed by atoms with van der Waals surface area (Å²) >= 11 is 0. The molecular formula is C18H18. The van der Waals surface area contributed by atoms with Gasteiger partial charge in [-0.05, 0) is 47.3 Å². The lowest BCUT2D eigenvalue weighted by Gasteiger charge is -2.06. The molecular weight excluding hydrogens is 216 g/mol. The molecule has 0 nitrogen and oxygen atoms in total. The first-order valence-electron chi connectivity index (χ1n) is 6.17. The summed E-state index contributed by atoms with van der Waals surface area (Å²) in [6.07, 6.45) is 10.1. The Morgan fingerprint density at radius 3 is 2.50 bits per heavy atom. The van der Waals surface area contributed by atoms with Gasteiger partial charge in [-0.1, -0.05) is 61.7 Å². The van der Waals surface area contributed by atoms with Gasteiger partial charge in [0.15, 0.2) is 0 Å². The van der Waals surface area contributed by atoms with E-state index in [1.165, 1.54) is 33.4 Å². The molecule has 1 aliphatic rings. The molecule has 90 valence electrons. The zero-order chi connectivity index (χ0) is 13.1. The third-order valence-electron chi connectivity index (χ3n) is 3.23. The van der Waals surface area contributed by atoms with Gasteiger partial charge in [0.25, 0.3) is 0 Å². The average Bonchev–Trinajstić information content (AvgIpc) is 2.66. The van der Waals surface area contributed by atoms with Crippen LogP contribution in [0.4, 0.5) is 0 Å². The van der Waals surface area contributed by atoms with Crippen molar-refractivity contribution in [2.24, 2.45) is 0 Å². The predicted octanol–water partition coefficient (Wildman–Crippen LogP) is 5.09. The van der Waals surface area contributed by atoms with Gasteiger partial charge in [0, 0.05) is 0 Å². The molecule has 1 aliphatic carbocycles. The molecule has 1 aromatic carbocycles. The van der Waals surface area contributed by atoms with Crippen LogP contribution in [-0.4, -0.2) is 0 Å². The monoisotopic (exact) mass is 234 g/mol. The van der Waals surface area contributed by atoms with E-state index in [1.54, 1.807) is 0 Å². The van der Waals surface area contributed by atoms with Crippen LogP contribution >= 0.6 is 0 Å². The highest BCUT2D eigenvalue weighted by molar-refractivity contribution is 6.05. The summed E-state index contributed by atoms with van der Waals surface area (Å²) in [5.74, 6) is 0. The van der Waals surface area contributed by atoms with Gasteiger partial charge < -0.3 is 0 Å². The van der Waals surface area contributed by atoms with E-state index in [9.17, 15) is 0 Å². The Morgan fingerprint density at radius 1 is 1.11 bits per heavy atom. The van der Waals surface area contributed by atoms with Crippen molar-refractivity contribution in [1.29, 1.82) is 0 Å². The number of hydrogen-bond donors (Lipinski definition) is 0. The third kappa shape index (κ3) is 1.80. The van der Waals surface area contributed by atoms with Gasteiger partial charge in [0.2, 0.25) is 0 Å². The van der Waals surface area contributed by atoms with E-state index in [2.05, 4.69) is 56.5 Å². The van der Waals surface area contributed by atoms with Crippen LogP contribution in [0.2, 0.25) is 0 Å². The molecule has 0 bridgehead atoms. The molecule has 0 N–H and O–H groups in total. The Bertz CT molecular complexity index is 592. The van der Waals surface area contributed by atoms with E-state index in [-0.39, 0.29) is 0 Å². The average molecular weight is 234 g/mol. The summed E-state index contributed by atoms with van der Waals surface area (Å²) in [6, 6.07) is 6.43. The highest BCUT2D eigenvalue weighted by atomic mass is 14.3. The van der Waals surface area contributed by atoms with E-state index in [0.717, 1.165) is 0 Å². The summed E-state index contributed by atoms with van der Waals surface area (Å²) < 4.78 is 0. The molecule has 0 heterocycles. The molecule has 0 amide bonds. The van der Waals surface area contributed by atoms with Crippen molar-refractivity contribution in [2.75, 3.05) is 0 Å². The number of hydrogen-bond acceptors (Lipinski definition) is 0. The minimum Gasteiger partial charge on any atom is -0.0990 e. The fraction of sp³-hybridized carbons (Fsp3) is 0.111. The van der Waals surface area contributed by atoms with Crippen molar-refractivity contribution < 1.29 is 0 Å². The van der Waals surface area contributed by atoms with Crippen molar-refractivity contribution in [1.82, 2.24) is 0 Å². The standard InChI is InChI=1S/C18H18/c1-5-9-15-14(7-3)16(10-6-2)18-13(4)11-8-12-17(15)18/h5-12H,2-3H2,1,4H3/b9-5-,16-10-. The van der Waals surface area contributed by atoms with Crippen LogP contribution in [0.1, 0.15) is 23.6 Å². The molecule has 0 aromatic heterocycles. The van der Waals surface area contributed by atoms with Crippen LogP contribution in [0, 0.1) is 6.92 Å². The van der Waals surface area contributed by atoms with Crippen LogP contribution in [-0.2, 0) is 0 Å². The topological polar surface area (TPSA) is 0 Å². The van der Waals surface area contributed by atoms with E-state index in [0.29, 0.717) is 0 Å². The lowest BCUT2D eigenvalue weighted by atomic mass is 9.97. The molecule has 0 spiro atoms. The first-order valence-corrected chi connectivity index (χ1v) is 6.17. The highest BCUT2D eigenvalue weighted by Gasteiger charge is 2.23. The molecule has 0 fully saturated rings. The summed E-state index contributed by atoms with van der Waals surface area (Å²) in [6.45, 7) is 12.0. The second kappa shape index (κ2) is 5.05. The van der Waals surface area contributed by atoms with Gasteiger partial charge in [0.05, 0.1) is 0 Å². The second-order valence-corrected chi connectivity index (χ2v) is 4.34. The number of allylic oxidation sites excluding steroid dienone is 8. The van der Waals surface area contributed by atoms with Crippen LogP contribution in [0.3, 0.4) is 0 Å². The molecule has 0 radical (unpaired) electrons. The molecule has 0 saturated carbocycles. The number of fused-ring (bicyclic) bond motifs is 1. The minimum atomic E-state index is 1.19. The molecule has 2 rings (SSSR count). The molecule has 1 aromatic rings. The van der Waals surface area contributed by atoms with Crippen molar-refractivity contribution in [2.45, 2.75) is 13.8 Å². The Hall–Kier alpha value is -2.08. The SMILES string of the molecule is C=C/C=C1C(C=C)=C(/C=C\C)c2cccc(C)c2/1. The van der Waals surface area contributed by atoms with Gasteiger partial charge in [-0.15, -0.1) is 0 Å². The fourth-order valence-corrected chi connectivity index (χ4v) is 2.53. The highest BCUT2D eigenvalue weighted by Crippen LogP contribution is 2.43. The van der Waals surface area contributed by atoms with Crippen molar-refractivity contribution >= 4 is 11.1 Å². The minimum absolute atomic E-state index is 1.19. The van der Waals surface area contributed by atoms with Crippen molar-refractivity contribution in [3.8, 4) is 0 Å². The Labute approximate surface area is 109 Å². The third-order valence-corrected chi connectivity index (χ3v) is 3.23. The number of rotatable bonds is 3. The molecule has 0 saturated heterocycles. The molecule has 0 unspecified atom stereocenters. The Kier molecular flexibility index (Phi) is 3.47. The smallest absolute Gasteiger partial charge is 0.00697 e. The van der Waals surface area contributed by atoms with E-state index >= 15 is 0 Å². The van der Waals surface area contributed by atoms with Crippen molar-refractivity contribution in [3.63, 3.8) is 0 Å². The van der Waals surface area contributed by atoms with Crippen LogP contribution in [0.15, 0.2) is 67.3 Å². The Morgan fingerprint density at radius 2 is 1.89 bits per heavy atom. The maximum absolute atomic E-state index is 3.95. The zero-order valence-electron chi connectivity index (χ0n) is 11.0. The first-order chi connectivity index (χ1) is 8.74. The van der Waals surface area contributed by atoms with Gasteiger partial charge >= 0.3 is 0 Å². The number of aryl methyl sites for hydroxylation is 1. The molecule has 18 heavy (non-hydrogen) atoms. The summed E-state index contributed by atoms with van der Waals surface area (Å²) in [4.78, 5) is 0. The normalized spacial score (nSPS) is 16.4.